The summed E-state index contributed by atoms with van der Waals surface area (Å²) in [5.74, 6) is 0.318. The van der Waals surface area contributed by atoms with Crippen molar-refractivity contribution >= 4 is 0 Å². The Labute approximate surface area is 90.7 Å². The van der Waals surface area contributed by atoms with Crippen LogP contribution in [0.4, 0.5) is 4.39 Å². The first-order valence-electron chi connectivity index (χ1n) is 5.80. The van der Waals surface area contributed by atoms with E-state index in [0.29, 0.717) is 12.0 Å². The topological polar surface area (TPSA) is 12.0 Å². The maximum Gasteiger partial charge on any atom is 0.126 e. The van der Waals surface area contributed by atoms with Gasteiger partial charge in [0.25, 0.3) is 0 Å². The van der Waals surface area contributed by atoms with Gasteiger partial charge in [0, 0.05) is 12.0 Å². The summed E-state index contributed by atoms with van der Waals surface area (Å²) in [5.41, 5.74) is 0.890. The predicted octanol–water partition coefficient (Wildman–Crippen LogP) is 3.07. The summed E-state index contributed by atoms with van der Waals surface area (Å²) in [4.78, 5) is 0. The van der Waals surface area contributed by atoms with E-state index in [-0.39, 0.29) is 5.82 Å². The molecule has 0 aliphatic heterocycles. The molecule has 1 aromatic carbocycles. The second-order valence-electron chi connectivity index (χ2n) is 4.22. The number of nitrogens with one attached hydrogen (secondary N) is 1. The molecule has 0 spiro atoms. The summed E-state index contributed by atoms with van der Waals surface area (Å²) < 4.78 is 13.6. The van der Waals surface area contributed by atoms with Gasteiger partial charge in [-0.3, -0.25) is 0 Å². The lowest BCUT2D eigenvalue weighted by Crippen LogP contribution is -2.31. The van der Waals surface area contributed by atoms with Crippen LogP contribution in [0, 0.1) is 5.82 Å². The van der Waals surface area contributed by atoms with Gasteiger partial charge in [0.2, 0.25) is 0 Å². The SMILES string of the molecule is CCNC1CCCC1c1ccccc1F. The summed E-state index contributed by atoms with van der Waals surface area (Å²) in [6.07, 6.45) is 3.49. The van der Waals surface area contributed by atoms with Crippen LogP contribution in [-0.4, -0.2) is 12.6 Å². The van der Waals surface area contributed by atoms with Crippen molar-refractivity contribution in [2.24, 2.45) is 0 Å². The molecule has 1 nitrogen and oxygen atoms in total. The fourth-order valence-corrected chi connectivity index (χ4v) is 2.61. The highest BCUT2D eigenvalue weighted by atomic mass is 19.1. The molecule has 0 saturated heterocycles. The second kappa shape index (κ2) is 4.75. The number of likely N-dealkylation sites (N-methyl/N-ethyl adjacent to an activating group) is 1. The third kappa shape index (κ3) is 2.20. The summed E-state index contributed by atoms with van der Waals surface area (Å²) >= 11 is 0. The number of hydrogen-bond donors (Lipinski definition) is 1. The molecular weight excluding hydrogens is 189 g/mol. The minimum absolute atomic E-state index is 0.0488. The zero-order chi connectivity index (χ0) is 10.7. The standard InChI is InChI=1S/C13H18FN/c1-2-15-13-9-5-7-11(13)10-6-3-4-8-12(10)14/h3-4,6,8,11,13,15H,2,5,7,9H2,1H3. The fraction of sp³-hybridized carbons (Fsp3) is 0.538. The first-order valence-corrected chi connectivity index (χ1v) is 5.80. The maximum atomic E-state index is 13.6. The lowest BCUT2D eigenvalue weighted by atomic mass is 9.93. The smallest absolute Gasteiger partial charge is 0.126 e. The molecule has 1 fully saturated rings. The Bertz CT molecular complexity index is 324. The molecule has 2 atom stereocenters. The number of halogens is 1. The molecule has 0 radical (unpaired) electrons. The Hall–Kier alpha value is -0.890. The van der Waals surface area contributed by atoms with Gasteiger partial charge in [-0.15, -0.1) is 0 Å². The van der Waals surface area contributed by atoms with Crippen molar-refractivity contribution in [2.45, 2.75) is 38.1 Å². The Kier molecular flexibility index (Phi) is 3.37. The molecule has 0 amide bonds. The number of hydrogen-bond acceptors (Lipinski definition) is 1. The molecule has 1 saturated carbocycles. The fourth-order valence-electron chi connectivity index (χ4n) is 2.61. The molecule has 2 unspecified atom stereocenters. The van der Waals surface area contributed by atoms with Gasteiger partial charge < -0.3 is 5.32 Å². The highest BCUT2D eigenvalue weighted by Crippen LogP contribution is 2.35. The van der Waals surface area contributed by atoms with Gasteiger partial charge in [0.05, 0.1) is 0 Å². The maximum absolute atomic E-state index is 13.6. The molecule has 2 heteroatoms. The summed E-state index contributed by atoms with van der Waals surface area (Å²) in [6, 6.07) is 7.65. The molecule has 1 aromatic rings. The van der Waals surface area contributed by atoms with Crippen molar-refractivity contribution in [3.63, 3.8) is 0 Å². The Morgan fingerprint density at radius 3 is 2.87 bits per heavy atom. The van der Waals surface area contributed by atoms with Crippen molar-refractivity contribution in [3.8, 4) is 0 Å². The van der Waals surface area contributed by atoms with Crippen molar-refractivity contribution in [3.05, 3.63) is 35.6 Å². The van der Waals surface area contributed by atoms with E-state index in [4.69, 9.17) is 0 Å². The van der Waals surface area contributed by atoms with Gasteiger partial charge in [-0.2, -0.15) is 0 Å². The van der Waals surface area contributed by atoms with Crippen molar-refractivity contribution < 1.29 is 4.39 Å². The lowest BCUT2D eigenvalue weighted by Gasteiger charge is -2.21. The molecule has 0 aromatic heterocycles. The monoisotopic (exact) mass is 207 g/mol. The van der Waals surface area contributed by atoms with E-state index in [1.54, 1.807) is 12.1 Å². The van der Waals surface area contributed by atoms with Crippen LogP contribution in [0.25, 0.3) is 0 Å². The normalized spacial score (nSPS) is 25.7. The van der Waals surface area contributed by atoms with E-state index in [1.807, 2.05) is 12.1 Å². The van der Waals surface area contributed by atoms with Crippen molar-refractivity contribution in [2.75, 3.05) is 6.54 Å². The van der Waals surface area contributed by atoms with Gasteiger partial charge >= 0.3 is 0 Å². The van der Waals surface area contributed by atoms with Crippen LogP contribution in [0.15, 0.2) is 24.3 Å². The molecule has 2 rings (SSSR count). The molecule has 15 heavy (non-hydrogen) atoms. The first kappa shape index (κ1) is 10.6. The summed E-state index contributed by atoms with van der Waals surface area (Å²) in [6.45, 7) is 3.08. The van der Waals surface area contributed by atoms with Crippen LogP contribution in [0.2, 0.25) is 0 Å². The summed E-state index contributed by atoms with van der Waals surface area (Å²) in [7, 11) is 0. The van der Waals surface area contributed by atoms with E-state index < -0.39 is 0 Å². The Morgan fingerprint density at radius 2 is 2.13 bits per heavy atom. The predicted molar refractivity (Wildman–Crippen MR) is 60.5 cm³/mol. The molecule has 1 N–H and O–H groups in total. The van der Waals surface area contributed by atoms with E-state index in [9.17, 15) is 4.39 Å². The minimum Gasteiger partial charge on any atom is -0.314 e. The van der Waals surface area contributed by atoms with E-state index >= 15 is 0 Å². The molecule has 1 aliphatic rings. The van der Waals surface area contributed by atoms with Crippen LogP contribution < -0.4 is 5.32 Å². The first-order chi connectivity index (χ1) is 7.33. The van der Waals surface area contributed by atoms with Crippen LogP contribution in [0.1, 0.15) is 37.7 Å². The second-order valence-corrected chi connectivity index (χ2v) is 4.22. The molecule has 0 bridgehead atoms. The van der Waals surface area contributed by atoms with Crippen LogP contribution in [0.3, 0.4) is 0 Å². The van der Waals surface area contributed by atoms with Gasteiger partial charge in [-0.1, -0.05) is 31.5 Å². The van der Waals surface area contributed by atoms with Crippen LogP contribution in [0.5, 0.6) is 0 Å². The van der Waals surface area contributed by atoms with Gasteiger partial charge in [0.15, 0.2) is 0 Å². The van der Waals surface area contributed by atoms with Gasteiger partial charge in [0.1, 0.15) is 5.82 Å². The summed E-state index contributed by atoms with van der Waals surface area (Å²) in [5, 5.41) is 3.45. The Balaban J connectivity index is 2.19. The molecule has 1 aliphatic carbocycles. The van der Waals surface area contributed by atoms with E-state index in [1.165, 1.54) is 12.8 Å². The zero-order valence-electron chi connectivity index (χ0n) is 9.17. The lowest BCUT2D eigenvalue weighted by molar-refractivity contribution is 0.475. The Morgan fingerprint density at radius 1 is 1.33 bits per heavy atom. The van der Waals surface area contributed by atoms with Crippen molar-refractivity contribution in [1.29, 1.82) is 0 Å². The molecular formula is C13H18FN. The molecule has 82 valence electrons. The van der Waals surface area contributed by atoms with E-state index in [2.05, 4.69) is 12.2 Å². The average Bonchev–Trinajstić information content (AvgIpc) is 2.67. The number of rotatable bonds is 3. The number of benzene rings is 1. The highest BCUT2D eigenvalue weighted by Gasteiger charge is 2.29. The average molecular weight is 207 g/mol. The third-order valence-corrected chi connectivity index (χ3v) is 3.29. The largest absolute Gasteiger partial charge is 0.314 e. The van der Waals surface area contributed by atoms with Gasteiger partial charge in [-0.25, -0.2) is 4.39 Å². The van der Waals surface area contributed by atoms with Crippen LogP contribution >= 0.6 is 0 Å². The van der Waals surface area contributed by atoms with Crippen LogP contribution in [-0.2, 0) is 0 Å². The van der Waals surface area contributed by atoms with E-state index in [0.717, 1.165) is 18.5 Å². The highest BCUT2D eigenvalue weighted by molar-refractivity contribution is 5.24. The zero-order valence-corrected chi connectivity index (χ0v) is 9.17. The third-order valence-electron chi connectivity index (χ3n) is 3.29. The minimum atomic E-state index is -0.0488. The quantitative estimate of drug-likeness (QED) is 0.803. The van der Waals surface area contributed by atoms with Gasteiger partial charge in [-0.05, 0) is 31.0 Å². The molecule has 0 heterocycles. The van der Waals surface area contributed by atoms with Crippen molar-refractivity contribution in [1.82, 2.24) is 5.32 Å².